The standard InChI is InChI=1S/C25H18FIN2O4/c1-15-4-2-3-5-21(15)29-24(31)19(23(30)28-25(29)32)12-17-8-11-22(20(27)13-17)33-14-16-6-9-18(26)10-7-16/h2-13H,14H2,1H3,(H,28,30,32)/b19-12+. The molecule has 3 aromatic carbocycles. The SMILES string of the molecule is Cc1ccccc1N1C(=O)NC(=O)/C(=C\c2ccc(OCc3ccc(F)cc3)c(I)c2)C1=O. The minimum Gasteiger partial charge on any atom is -0.488 e. The number of hydrogen-bond donors (Lipinski definition) is 1. The fourth-order valence-electron chi connectivity index (χ4n) is 3.32. The molecule has 0 radical (unpaired) electrons. The lowest BCUT2D eigenvalue weighted by Crippen LogP contribution is -2.54. The lowest BCUT2D eigenvalue weighted by molar-refractivity contribution is -0.122. The third-order valence-electron chi connectivity index (χ3n) is 5.03. The van der Waals surface area contributed by atoms with Crippen LogP contribution in [0.5, 0.6) is 5.75 Å². The van der Waals surface area contributed by atoms with Gasteiger partial charge in [0.2, 0.25) is 0 Å². The monoisotopic (exact) mass is 556 g/mol. The highest BCUT2D eigenvalue weighted by molar-refractivity contribution is 14.1. The first kappa shape index (κ1) is 22.7. The van der Waals surface area contributed by atoms with Crippen LogP contribution in [0, 0.1) is 16.3 Å². The Morgan fingerprint density at radius 2 is 1.76 bits per heavy atom. The fraction of sp³-hybridized carbons (Fsp3) is 0.0800. The number of carbonyl (C=O) groups is 3. The smallest absolute Gasteiger partial charge is 0.335 e. The van der Waals surface area contributed by atoms with Crippen LogP contribution >= 0.6 is 22.6 Å². The molecule has 0 aromatic heterocycles. The molecule has 1 aliphatic rings. The van der Waals surface area contributed by atoms with Gasteiger partial charge >= 0.3 is 6.03 Å². The first-order valence-electron chi connectivity index (χ1n) is 9.97. The average molecular weight is 556 g/mol. The summed E-state index contributed by atoms with van der Waals surface area (Å²) in [6.07, 6.45) is 1.45. The van der Waals surface area contributed by atoms with Crippen molar-refractivity contribution < 1.29 is 23.5 Å². The molecule has 0 unspecified atom stereocenters. The number of rotatable bonds is 5. The van der Waals surface area contributed by atoms with Crippen molar-refractivity contribution in [2.45, 2.75) is 13.5 Å². The number of imide groups is 2. The van der Waals surface area contributed by atoms with Crippen molar-refractivity contribution >= 4 is 52.2 Å². The number of anilines is 1. The quantitative estimate of drug-likeness (QED) is 0.273. The van der Waals surface area contributed by atoms with Crippen molar-refractivity contribution in [3.8, 4) is 5.75 Å². The second kappa shape index (κ2) is 9.53. The van der Waals surface area contributed by atoms with Gasteiger partial charge in [-0.1, -0.05) is 36.4 Å². The summed E-state index contributed by atoms with van der Waals surface area (Å²) in [5.41, 5.74) is 2.42. The van der Waals surface area contributed by atoms with E-state index < -0.39 is 17.8 Å². The molecule has 1 saturated heterocycles. The van der Waals surface area contributed by atoms with E-state index in [4.69, 9.17) is 4.74 Å². The zero-order valence-electron chi connectivity index (χ0n) is 17.5. The van der Waals surface area contributed by atoms with Crippen molar-refractivity contribution in [1.29, 1.82) is 0 Å². The van der Waals surface area contributed by atoms with Crippen LogP contribution < -0.4 is 15.0 Å². The molecule has 4 amide bonds. The lowest BCUT2D eigenvalue weighted by Gasteiger charge is -2.27. The van der Waals surface area contributed by atoms with E-state index in [9.17, 15) is 18.8 Å². The van der Waals surface area contributed by atoms with Crippen LogP contribution in [0.25, 0.3) is 6.08 Å². The van der Waals surface area contributed by atoms with Gasteiger partial charge < -0.3 is 4.74 Å². The molecular weight excluding hydrogens is 538 g/mol. The molecule has 0 aliphatic carbocycles. The van der Waals surface area contributed by atoms with E-state index in [1.165, 1.54) is 18.2 Å². The number of halogens is 2. The highest BCUT2D eigenvalue weighted by Crippen LogP contribution is 2.27. The van der Waals surface area contributed by atoms with Crippen LogP contribution in [-0.4, -0.2) is 17.8 Å². The molecule has 1 fully saturated rings. The van der Waals surface area contributed by atoms with Crippen molar-refractivity contribution in [3.63, 3.8) is 0 Å². The Labute approximate surface area is 203 Å². The van der Waals surface area contributed by atoms with Crippen molar-refractivity contribution in [3.05, 3.63) is 98.4 Å². The summed E-state index contributed by atoms with van der Waals surface area (Å²) in [6.45, 7) is 2.05. The summed E-state index contributed by atoms with van der Waals surface area (Å²) in [7, 11) is 0. The van der Waals surface area contributed by atoms with Crippen LogP contribution in [0.1, 0.15) is 16.7 Å². The van der Waals surface area contributed by atoms with E-state index in [1.807, 2.05) is 0 Å². The van der Waals surface area contributed by atoms with Crippen LogP contribution in [0.4, 0.5) is 14.9 Å². The number of ether oxygens (including phenoxy) is 1. The van der Waals surface area contributed by atoms with Crippen LogP contribution in [-0.2, 0) is 16.2 Å². The Kier molecular flexibility index (Phi) is 6.55. The summed E-state index contributed by atoms with van der Waals surface area (Å²) in [5, 5.41) is 2.23. The van der Waals surface area contributed by atoms with E-state index in [-0.39, 0.29) is 18.0 Å². The second-order valence-corrected chi connectivity index (χ2v) is 8.51. The highest BCUT2D eigenvalue weighted by Gasteiger charge is 2.37. The van der Waals surface area contributed by atoms with Gasteiger partial charge in [0.1, 0.15) is 23.7 Å². The molecule has 0 atom stereocenters. The number of amides is 4. The van der Waals surface area contributed by atoms with Crippen molar-refractivity contribution in [1.82, 2.24) is 5.32 Å². The Morgan fingerprint density at radius 3 is 2.45 bits per heavy atom. The molecule has 8 heteroatoms. The summed E-state index contributed by atoms with van der Waals surface area (Å²) >= 11 is 2.10. The van der Waals surface area contributed by atoms with Gasteiger partial charge in [-0.05, 0) is 82.6 Å². The molecule has 1 heterocycles. The summed E-state index contributed by atoms with van der Waals surface area (Å²) in [4.78, 5) is 38.8. The van der Waals surface area contributed by atoms with E-state index in [0.717, 1.165) is 19.6 Å². The zero-order chi connectivity index (χ0) is 23.5. The van der Waals surface area contributed by atoms with Gasteiger partial charge in [-0.3, -0.25) is 14.9 Å². The lowest BCUT2D eigenvalue weighted by atomic mass is 10.1. The number of carbonyl (C=O) groups excluding carboxylic acids is 3. The largest absolute Gasteiger partial charge is 0.488 e. The maximum absolute atomic E-state index is 13.1. The molecule has 33 heavy (non-hydrogen) atoms. The molecular formula is C25H18FIN2O4. The summed E-state index contributed by atoms with van der Waals surface area (Å²) in [6, 6.07) is 17.4. The summed E-state index contributed by atoms with van der Waals surface area (Å²) < 4.78 is 19.6. The first-order chi connectivity index (χ1) is 15.8. The number of para-hydroxylation sites is 1. The van der Waals surface area contributed by atoms with E-state index in [0.29, 0.717) is 17.0 Å². The predicted molar refractivity (Wildman–Crippen MR) is 130 cm³/mol. The van der Waals surface area contributed by atoms with Crippen molar-refractivity contribution in [2.75, 3.05) is 4.90 Å². The molecule has 6 nitrogen and oxygen atoms in total. The molecule has 166 valence electrons. The molecule has 1 aliphatic heterocycles. The van der Waals surface area contributed by atoms with Gasteiger partial charge in [-0.15, -0.1) is 0 Å². The number of nitrogens with one attached hydrogen (secondary N) is 1. The van der Waals surface area contributed by atoms with Crippen molar-refractivity contribution in [2.24, 2.45) is 0 Å². The third kappa shape index (κ3) is 4.95. The van der Waals surface area contributed by atoms with Crippen LogP contribution in [0.2, 0.25) is 0 Å². The van der Waals surface area contributed by atoms with Gasteiger partial charge in [-0.2, -0.15) is 0 Å². The van der Waals surface area contributed by atoms with Gasteiger partial charge in [-0.25, -0.2) is 14.1 Å². The molecule has 4 rings (SSSR count). The van der Waals surface area contributed by atoms with Crippen LogP contribution in [0.15, 0.2) is 72.3 Å². The maximum atomic E-state index is 13.1. The summed E-state index contributed by atoms with van der Waals surface area (Å²) in [5.74, 6) is -1.14. The van der Waals surface area contributed by atoms with Gasteiger partial charge in [0.25, 0.3) is 11.8 Å². The Balaban J connectivity index is 1.57. The van der Waals surface area contributed by atoms with E-state index in [2.05, 4.69) is 27.9 Å². The fourth-order valence-corrected chi connectivity index (χ4v) is 4.02. The Bertz CT molecular complexity index is 1290. The third-order valence-corrected chi connectivity index (χ3v) is 5.88. The highest BCUT2D eigenvalue weighted by atomic mass is 127. The molecule has 0 bridgehead atoms. The van der Waals surface area contributed by atoms with Gasteiger partial charge in [0.15, 0.2) is 0 Å². The number of urea groups is 1. The molecule has 3 aromatic rings. The topological polar surface area (TPSA) is 75.7 Å². The maximum Gasteiger partial charge on any atom is 0.335 e. The number of barbiturate groups is 1. The average Bonchev–Trinajstić information content (AvgIpc) is 2.78. The molecule has 1 N–H and O–H groups in total. The number of aryl methyl sites for hydroxylation is 1. The Morgan fingerprint density at radius 1 is 1.03 bits per heavy atom. The van der Waals surface area contributed by atoms with Crippen LogP contribution in [0.3, 0.4) is 0 Å². The zero-order valence-corrected chi connectivity index (χ0v) is 19.6. The predicted octanol–water partition coefficient (Wildman–Crippen LogP) is 4.98. The normalized spacial score (nSPS) is 15.1. The molecule has 0 spiro atoms. The Hall–Kier alpha value is -3.53. The number of benzene rings is 3. The first-order valence-corrected chi connectivity index (χ1v) is 11.1. The minimum atomic E-state index is -0.782. The second-order valence-electron chi connectivity index (χ2n) is 7.35. The van der Waals surface area contributed by atoms with Gasteiger partial charge in [0, 0.05) is 0 Å². The van der Waals surface area contributed by atoms with E-state index >= 15 is 0 Å². The molecule has 0 saturated carbocycles. The minimum absolute atomic E-state index is 0.145. The number of hydrogen-bond acceptors (Lipinski definition) is 4. The van der Waals surface area contributed by atoms with Gasteiger partial charge in [0.05, 0.1) is 9.26 Å². The number of nitrogens with zero attached hydrogens (tertiary/aromatic N) is 1. The van der Waals surface area contributed by atoms with E-state index in [1.54, 1.807) is 61.5 Å².